The number of aliphatic carboxylic acids is 1. The van der Waals surface area contributed by atoms with Crippen LogP contribution in [0.15, 0.2) is 71.5 Å². The number of carboxylic acid groups (broad SMARTS) is 2. The first-order chi connectivity index (χ1) is 34.5. The zero-order valence-corrected chi connectivity index (χ0v) is 45.0. The van der Waals surface area contributed by atoms with E-state index >= 15 is 0 Å². The first-order valence-corrected chi connectivity index (χ1v) is 27.0. The lowest BCUT2D eigenvalue weighted by molar-refractivity contribution is -0.139. The fourth-order valence-corrected chi connectivity index (χ4v) is 12.2. The third-order valence-corrected chi connectivity index (χ3v) is 16.3. The van der Waals surface area contributed by atoms with Crippen molar-refractivity contribution in [3.63, 3.8) is 0 Å². The van der Waals surface area contributed by atoms with E-state index in [-0.39, 0.29) is 69.2 Å². The molecule has 0 aliphatic carbocycles. The minimum absolute atomic E-state index is 0.0304. The van der Waals surface area contributed by atoms with E-state index in [1.807, 2.05) is 41.6 Å². The molecule has 2 aromatic heterocycles. The van der Waals surface area contributed by atoms with Gasteiger partial charge in [-0.15, -0.1) is 22.1 Å². The molecule has 1 fully saturated rings. The van der Waals surface area contributed by atoms with E-state index < -0.39 is 35.4 Å². The Morgan fingerprint density at radius 3 is 2.21 bits per heavy atom. The van der Waals surface area contributed by atoms with Crippen molar-refractivity contribution in [1.82, 2.24) is 18.8 Å². The Morgan fingerprint density at radius 2 is 1.63 bits per heavy atom. The molecule has 400 valence electrons. The van der Waals surface area contributed by atoms with Crippen LogP contribution in [-0.4, -0.2) is 94.5 Å². The lowest BCUT2D eigenvalue weighted by Crippen LogP contribution is -2.48. The summed E-state index contributed by atoms with van der Waals surface area (Å²) in [6.45, 7) is 9.99. The van der Waals surface area contributed by atoms with Gasteiger partial charge in [0.25, 0.3) is 0 Å². The number of hydrogen-bond donors (Lipinski definition) is 7. The van der Waals surface area contributed by atoms with Crippen LogP contribution in [0.25, 0.3) is 21.5 Å². The summed E-state index contributed by atoms with van der Waals surface area (Å²) in [6.07, 6.45) is 8.27. The quantitative estimate of drug-likeness (QED) is 0.0251. The fourth-order valence-electron chi connectivity index (χ4n) is 8.76. The van der Waals surface area contributed by atoms with Crippen LogP contribution in [0.2, 0.25) is 5.02 Å². The van der Waals surface area contributed by atoms with E-state index in [0.29, 0.717) is 44.9 Å². The number of aldehydes is 1. The van der Waals surface area contributed by atoms with E-state index in [1.54, 1.807) is 50.4 Å². The average molecular weight is 1070 g/mol. The molecule has 3 heterocycles. The number of amides is 1. The number of imidazole rings is 1. The molecule has 0 spiro atoms. The van der Waals surface area contributed by atoms with Crippen LogP contribution in [-0.2, 0) is 32.0 Å². The Labute approximate surface area is 437 Å². The van der Waals surface area contributed by atoms with Crippen LogP contribution in [0, 0.1) is 5.92 Å². The van der Waals surface area contributed by atoms with Gasteiger partial charge in [0.1, 0.15) is 28.4 Å². The molecule has 6 rings (SSSR count). The molecule has 3 atom stereocenters. The van der Waals surface area contributed by atoms with Crippen LogP contribution in [0.1, 0.15) is 120 Å². The Bertz CT molecular complexity index is 2760. The lowest BCUT2D eigenvalue weighted by atomic mass is 9.93. The number of nitrogen functional groups attached to an aromatic ring is 2. The Balaban J connectivity index is 0.000000250. The summed E-state index contributed by atoms with van der Waals surface area (Å²) >= 11 is 7.03. The molecular weight excluding hydrogens is 1000 g/mol. The number of para-hydroxylation sites is 1. The SMILES string of the molecule is CC1(C)CCCCN1S(O)(O)Cc1cccc(N)c1.CCCC(CCC(CC)C(C)=O)Oc1cccc2c1n(C)c(=O)n2C(C=O)CCC(=O)NC.Nc1cccc(-c2sc(C(=O)O)c(OCC(=O)O)c2Cl)c1. The number of nitrogens with two attached hydrogens (primary N) is 2. The van der Waals surface area contributed by atoms with Gasteiger partial charge >= 0.3 is 17.6 Å². The zero-order valence-electron chi connectivity index (χ0n) is 42.6. The number of ketones is 1. The summed E-state index contributed by atoms with van der Waals surface area (Å²) in [5.41, 5.74) is 14.8. The number of carboxylic acids is 2. The summed E-state index contributed by atoms with van der Waals surface area (Å²) in [4.78, 5) is 70.5. The van der Waals surface area contributed by atoms with Gasteiger partial charge in [0, 0.05) is 49.9 Å². The normalized spacial score (nSPS) is 14.8. The number of carbonyl (C=O) groups is 5. The minimum atomic E-state index is -2.78. The number of nitrogens with zero attached hydrogens (tertiary/aromatic N) is 3. The summed E-state index contributed by atoms with van der Waals surface area (Å²) in [5.74, 6) is -1.73. The van der Waals surface area contributed by atoms with Crippen molar-refractivity contribution in [2.45, 2.75) is 122 Å². The molecule has 1 aliphatic rings. The number of anilines is 2. The highest BCUT2D eigenvalue weighted by atomic mass is 35.5. The highest BCUT2D eigenvalue weighted by molar-refractivity contribution is 8.21. The number of nitrogens with one attached hydrogen (secondary N) is 1. The maximum Gasteiger partial charge on any atom is 0.349 e. The van der Waals surface area contributed by atoms with Gasteiger partial charge in [-0.3, -0.25) is 27.8 Å². The molecule has 1 amide bonds. The molecule has 3 aromatic carbocycles. The van der Waals surface area contributed by atoms with E-state index in [1.165, 1.54) is 16.2 Å². The van der Waals surface area contributed by atoms with E-state index in [0.717, 1.165) is 74.8 Å². The molecule has 21 heteroatoms. The largest absolute Gasteiger partial charge is 0.488 e. The summed E-state index contributed by atoms with van der Waals surface area (Å²) in [7, 11) is 0.416. The van der Waals surface area contributed by atoms with Crippen LogP contribution < -0.4 is 31.9 Å². The number of Topliss-reactive ketones (excluding diaryl/α,β-unsaturated/α-hetero) is 1. The minimum Gasteiger partial charge on any atom is -0.488 e. The van der Waals surface area contributed by atoms with Gasteiger partial charge in [-0.2, -0.15) is 0 Å². The van der Waals surface area contributed by atoms with Gasteiger partial charge in [-0.05, 0) is 113 Å². The predicted octanol–water partition coefficient (Wildman–Crippen LogP) is 10.1. The van der Waals surface area contributed by atoms with Gasteiger partial charge in [-0.25, -0.2) is 18.7 Å². The van der Waals surface area contributed by atoms with Crippen LogP contribution in [0.3, 0.4) is 0 Å². The monoisotopic (exact) mass is 1070 g/mol. The fraction of sp³-hybridized carbons (Fsp3) is 0.462. The number of halogens is 1. The number of carbonyl (C=O) groups excluding carboxylic acids is 3. The zero-order chi connectivity index (χ0) is 54.2. The molecule has 0 radical (unpaired) electrons. The molecule has 1 saturated heterocycles. The van der Waals surface area contributed by atoms with Crippen molar-refractivity contribution in [2.75, 3.05) is 31.7 Å². The van der Waals surface area contributed by atoms with Crippen molar-refractivity contribution in [2.24, 2.45) is 13.0 Å². The molecule has 5 aromatic rings. The smallest absolute Gasteiger partial charge is 0.349 e. The Kier molecular flexibility index (Phi) is 22.4. The van der Waals surface area contributed by atoms with Crippen molar-refractivity contribution in [3.05, 3.63) is 92.7 Å². The molecular formula is C52H71ClN6O12S2. The number of hydrogen-bond acceptors (Lipinski definition) is 14. The number of aromatic nitrogens is 2. The average Bonchev–Trinajstić information content (AvgIpc) is 3.80. The van der Waals surface area contributed by atoms with Gasteiger partial charge in [0.05, 0.1) is 28.3 Å². The highest BCUT2D eigenvalue weighted by Crippen LogP contribution is 2.53. The Hall–Kier alpha value is -5.90. The predicted molar refractivity (Wildman–Crippen MR) is 290 cm³/mol. The van der Waals surface area contributed by atoms with E-state index in [4.69, 9.17) is 42.8 Å². The maximum absolute atomic E-state index is 13.1. The van der Waals surface area contributed by atoms with Gasteiger partial charge < -0.3 is 41.3 Å². The van der Waals surface area contributed by atoms with Crippen molar-refractivity contribution < 1.29 is 52.8 Å². The van der Waals surface area contributed by atoms with Gasteiger partial charge in [0.2, 0.25) is 5.91 Å². The number of ether oxygens (including phenoxy) is 2. The molecule has 1 aliphatic heterocycles. The second kappa shape index (κ2) is 27.4. The lowest BCUT2D eigenvalue weighted by Gasteiger charge is -2.53. The van der Waals surface area contributed by atoms with Gasteiger partial charge in [-0.1, -0.05) is 68.6 Å². The van der Waals surface area contributed by atoms with E-state index in [9.17, 15) is 37.9 Å². The third-order valence-electron chi connectivity index (χ3n) is 12.5. The topological polar surface area (TPSA) is 279 Å². The summed E-state index contributed by atoms with van der Waals surface area (Å²) in [6, 6.07) is 18.8. The highest BCUT2D eigenvalue weighted by Gasteiger charge is 2.38. The molecule has 9 N–H and O–H groups in total. The number of benzene rings is 3. The number of rotatable bonds is 22. The maximum atomic E-state index is 13.1. The number of aryl methyl sites for hydroxylation is 1. The Morgan fingerprint density at radius 1 is 0.959 bits per heavy atom. The number of piperidine rings is 1. The number of thiophene rings is 1. The first-order valence-electron chi connectivity index (χ1n) is 24.2. The standard InChI is InChI=1S/C25H37N3O5.C14H24N2O2S.C13H10ClNO5S/c1-6-9-20(14-12-18(7-2)17(3)30)33-22-11-8-10-21-24(22)27(5)25(32)28(21)19(16-29)13-15-23(31)26-4;1-14(2)8-3-4-9-16(14)19(17,18)11-12-6-5-7-13(15)10-12;14-9-10(20-5-8(16)17)12(13(18)19)21-11(9)6-2-1-3-7(15)4-6/h8,10-11,16,18-20H,6-7,9,12-15H2,1-5H3,(H,26,31);5-7,10,17-18H,3-4,8-9,11,15H2,1-2H3;1-4H,5,15H2,(H,16,17)(H,18,19). The van der Waals surface area contributed by atoms with E-state index in [2.05, 4.69) is 26.1 Å². The second-order valence-corrected chi connectivity index (χ2v) is 21.9. The van der Waals surface area contributed by atoms with Gasteiger partial charge in [0.15, 0.2) is 17.2 Å². The molecule has 18 nitrogen and oxygen atoms in total. The van der Waals surface area contributed by atoms with Crippen molar-refractivity contribution in [1.29, 1.82) is 0 Å². The molecule has 0 bridgehead atoms. The van der Waals surface area contributed by atoms with Crippen LogP contribution in [0.4, 0.5) is 11.4 Å². The number of fused-ring (bicyclic) bond motifs is 1. The van der Waals surface area contributed by atoms with Crippen LogP contribution in [0.5, 0.6) is 11.5 Å². The van der Waals surface area contributed by atoms with Crippen LogP contribution >= 0.6 is 33.7 Å². The van der Waals surface area contributed by atoms with Crippen molar-refractivity contribution >= 4 is 86.0 Å². The van der Waals surface area contributed by atoms with Crippen molar-refractivity contribution in [3.8, 4) is 21.9 Å². The summed E-state index contributed by atoms with van der Waals surface area (Å²) in [5, 5.41) is 20.4. The molecule has 73 heavy (non-hydrogen) atoms. The first kappa shape index (κ1) is 59.7. The third kappa shape index (κ3) is 16.3. The second-order valence-electron chi connectivity index (χ2n) is 18.5. The number of aromatic carboxylic acids is 1. The summed E-state index contributed by atoms with van der Waals surface area (Å²) < 4.78 is 37.3. The molecule has 3 unspecified atom stereocenters. The molecule has 0 saturated carbocycles.